The fourth-order valence-corrected chi connectivity index (χ4v) is 3.74. The second-order valence-corrected chi connectivity index (χ2v) is 7.44. The minimum atomic E-state index is -0.776. The monoisotopic (exact) mass is 445 g/mol. The molecule has 1 atom stereocenters. The van der Waals surface area contributed by atoms with Gasteiger partial charge in [-0.3, -0.25) is 14.6 Å². The Balaban J connectivity index is 2.17. The fraction of sp³-hybridized carbons (Fsp3) is 0.238. The minimum Gasteiger partial charge on any atom is -0.274 e. The van der Waals surface area contributed by atoms with Gasteiger partial charge in [0.25, 0.3) is 5.91 Å². The van der Waals surface area contributed by atoms with Crippen LogP contribution in [0.4, 0.5) is 10.1 Å². The first-order valence-corrected chi connectivity index (χ1v) is 9.52. The van der Waals surface area contributed by atoms with E-state index >= 15 is 0 Å². The predicted molar refractivity (Wildman–Crippen MR) is 112 cm³/mol. The molecule has 0 saturated carbocycles. The molecule has 7 heteroatoms. The molecule has 0 N–H and O–H groups in total. The molecule has 2 aromatic carbocycles. The number of anilines is 1. The summed E-state index contributed by atoms with van der Waals surface area (Å²) in [6.07, 6.45) is 2.22. The van der Waals surface area contributed by atoms with Gasteiger partial charge in [0.1, 0.15) is 11.5 Å². The Bertz CT molecular complexity index is 919. The second kappa shape index (κ2) is 8.24. The molecule has 0 radical (unpaired) electrons. The predicted octanol–water partition coefficient (Wildman–Crippen LogP) is 4.30. The highest BCUT2D eigenvalue weighted by molar-refractivity contribution is 9.10. The molecule has 3 rings (SSSR count). The smallest absolute Gasteiger partial charge is 0.274 e. The summed E-state index contributed by atoms with van der Waals surface area (Å²) in [4.78, 5) is 18.2. The molecular formula is C21H21BrFN3O2. The summed E-state index contributed by atoms with van der Waals surface area (Å²) in [6, 6.07) is 14.3. The third-order valence-corrected chi connectivity index (χ3v) is 5.35. The van der Waals surface area contributed by atoms with Crippen LogP contribution in [0, 0.1) is 5.82 Å². The summed E-state index contributed by atoms with van der Waals surface area (Å²) >= 11 is 3.37. The van der Waals surface area contributed by atoms with Crippen molar-refractivity contribution in [3.63, 3.8) is 0 Å². The molecule has 5 nitrogen and oxygen atoms in total. The van der Waals surface area contributed by atoms with Crippen LogP contribution in [0.1, 0.15) is 12.0 Å². The molecule has 0 saturated heterocycles. The van der Waals surface area contributed by atoms with Crippen LogP contribution < -0.4 is 5.01 Å². The lowest BCUT2D eigenvalue weighted by Gasteiger charge is -2.31. The maximum absolute atomic E-state index is 14.5. The Hall–Kier alpha value is -2.51. The van der Waals surface area contributed by atoms with Gasteiger partial charge in [0.2, 0.25) is 0 Å². The SMILES string of the molecule is C=CCC1(c2ccccc2)CN(c2cc(Br)ccc2F)N=C1C(=O)N(C)OC. The molecule has 0 bridgehead atoms. The van der Waals surface area contributed by atoms with Gasteiger partial charge in [0.15, 0.2) is 0 Å². The van der Waals surface area contributed by atoms with Gasteiger partial charge in [-0.05, 0) is 30.2 Å². The molecule has 1 unspecified atom stereocenters. The van der Waals surface area contributed by atoms with Crippen LogP contribution in [-0.2, 0) is 15.0 Å². The van der Waals surface area contributed by atoms with Gasteiger partial charge in [0.05, 0.1) is 24.8 Å². The van der Waals surface area contributed by atoms with Gasteiger partial charge < -0.3 is 0 Å². The van der Waals surface area contributed by atoms with Gasteiger partial charge in [-0.25, -0.2) is 9.45 Å². The highest BCUT2D eigenvalue weighted by atomic mass is 79.9. The molecule has 0 aromatic heterocycles. The lowest BCUT2D eigenvalue weighted by Crippen LogP contribution is -2.46. The van der Waals surface area contributed by atoms with E-state index in [0.29, 0.717) is 18.7 Å². The Morgan fingerprint density at radius 2 is 2.11 bits per heavy atom. The van der Waals surface area contributed by atoms with Crippen molar-refractivity contribution >= 4 is 33.2 Å². The number of carbonyl (C=O) groups is 1. The zero-order valence-electron chi connectivity index (χ0n) is 15.7. The molecule has 0 spiro atoms. The number of benzene rings is 2. The van der Waals surface area contributed by atoms with Crippen LogP contribution in [0.2, 0.25) is 0 Å². The largest absolute Gasteiger partial charge is 0.294 e. The average molecular weight is 446 g/mol. The van der Waals surface area contributed by atoms with Crippen LogP contribution in [0.25, 0.3) is 0 Å². The number of allylic oxidation sites excluding steroid dienone is 1. The Labute approximate surface area is 172 Å². The summed E-state index contributed by atoms with van der Waals surface area (Å²) < 4.78 is 15.3. The number of hydrogen-bond acceptors (Lipinski definition) is 4. The van der Waals surface area contributed by atoms with Crippen LogP contribution in [0.5, 0.6) is 0 Å². The molecule has 28 heavy (non-hydrogen) atoms. The highest BCUT2D eigenvalue weighted by Crippen LogP contribution is 2.39. The first kappa shape index (κ1) is 20.2. The second-order valence-electron chi connectivity index (χ2n) is 6.53. The third-order valence-electron chi connectivity index (χ3n) is 4.86. The summed E-state index contributed by atoms with van der Waals surface area (Å²) in [6.45, 7) is 4.17. The quantitative estimate of drug-likeness (QED) is 0.491. The first-order valence-electron chi connectivity index (χ1n) is 8.73. The molecule has 2 aromatic rings. The standard InChI is InChI=1S/C21H21BrFN3O2/c1-4-12-21(15-8-6-5-7-9-15)14-26(18-13-16(22)10-11-17(18)23)24-19(21)20(27)25(2)28-3/h4-11,13H,1,12,14H2,2-3H3. The number of nitrogens with zero attached hydrogens (tertiary/aromatic N) is 3. The van der Waals surface area contributed by atoms with Gasteiger partial charge in [-0.15, -0.1) is 6.58 Å². The van der Waals surface area contributed by atoms with Crippen molar-refractivity contribution in [1.82, 2.24) is 5.06 Å². The van der Waals surface area contributed by atoms with Crippen LogP contribution in [0.3, 0.4) is 0 Å². The normalized spacial score (nSPS) is 18.7. The van der Waals surface area contributed by atoms with E-state index < -0.39 is 11.2 Å². The molecule has 1 heterocycles. The number of carbonyl (C=O) groups excluding carboxylic acids is 1. The Morgan fingerprint density at radius 1 is 1.39 bits per heavy atom. The zero-order chi connectivity index (χ0) is 20.3. The first-order chi connectivity index (χ1) is 13.4. The van der Waals surface area contributed by atoms with Crippen LogP contribution in [-0.4, -0.2) is 37.4 Å². The molecule has 146 valence electrons. The van der Waals surface area contributed by atoms with Gasteiger partial charge in [0, 0.05) is 11.5 Å². The fourth-order valence-electron chi connectivity index (χ4n) is 3.40. The number of hydroxylamine groups is 2. The van der Waals surface area contributed by atoms with Gasteiger partial charge in [-0.2, -0.15) is 5.10 Å². The maximum atomic E-state index is 14.5. The summed E-state index contributed by atoms with van der Waals surface area (Å²) in [5.41, 5.74) is 0.704. The van der Waals surface area contributed by atoms with Crippen molar-refractivity contribution in [2.24, 2.45) is 5.10 Å². The van der Waals surface area contributed by atoms with E-state index in [4.69, 9.17) is 4.84 Å². The van der Waals surface area contributed by atoms with E-state index in [1.807, 2.05) is 30.3 Å². The lowest BCUT2D eigenvalue weighted by atomic mass is 9.73. The van der Waals surface area contributed by atoms with Crippen molar-refractivity contribution in [3.8, 4) is 0 Å². The van der Waals surface area contributed by atoms with E-state index in [9.17, 15) is 9.18 Å². The molecular weight excluding hydrogens is 425 g/mol. The van der Waals surface area contributed by atoms with Crippen molar-refractivity contribution in [2.45, 2.75) is 11.8 Å². The maximum Gasteiger partial charge on any atom is 0.294 e. The van der Waals surface area contributed by atoms with E-state index in [1.165, 1.54) is 25.2 Å². The number of rotatable bonds is 6. The van der Waals surface area contributed by atoms with E-state index in [-0.39, 0.29) is 11.6 Å². The van der Waals surface area contributed by atoms with Crippen LogP contribution in [0.15, 0.2) is 70.8 Å². The Morgan fingerprint density at radius 3 is 2.75 bits per heavy atom. The zero-order valence-corrected chi connectivity index (χ0v) is 17.3. The van der Waals surface area contributed by atoms with Crippen molar-refractivity contribution < 1.29 is 14.0 Å². The molecule has 1 aliphatic heterocycles. The number of hydrogen-bond donors (Lipinski definition) is 0. The molecule has 0 aliphatic carbocycles. The lowest BCUT2D eigenvalue weighted by molar-refractivity contribution is -0.160. The summed E-state index contributed by atoms with van der Waals surface area (Å²) in [5.74, 6) is -0.799. The number of amides is 1. The summed E-state index contributed by atoms with van der Waals surface area (Å²) in [5, 5.41) is 7.21. The topological polar surface area (TPSA) is 45.1 Å². The molecule has 1 amide bonds. The van der Waals surface area contributed by atoms with E-state index in [2.05, 4.69) is 27.6 Å². The molecule has 1 aliphatic rings. The van der Waals surface area contributed by atoms with E-state index in [1.54, 1.807) is 18.2 Å². The van der Waals surface area contributed by atoms with Crippen molar-refractivity contribution in [2.75, 3.05) is 25.7 Å². The summed E-state index contributed by atoms with van der Waals surface area (Å²) in [7, 11) is 2.94. The Kier molecular flexibility index (Phi) is 5.96. The van der Waals surface area contributed by atoms with Gasteiger partial charge in [-0.1, -0.05) is 52.3 Å². The average Bonchev–Trinajstić information content (AvgIpc) is 3.10. The van der Waals surface area contributed by atoms with Crippen molar-refractivity contribution in [1.29, 1.82) is 0 Å². The van der Waals surface area contributed by atoms with E-state index in [0.717, 1.165) is 15.1 Å². The van der Waals surface area contributed by atoms with Crippen molar-refractivity contribution in [3.05, 3.63) is 77.0 Å². The van der Waals surface area contributed by atoms with Crippen LogP contribution >= 0.6 is 15.9 Å². The highest BCUT2D eigenvalue weighted by Gasteiger charge is 2.48. The molecule has 0 fully saturated rings. The third kappa shape index (κ3) is 3.59. The number of hydrazone groups is 1. The minimum absolute atomic E-state index is 0.280. The van der Waals surface area contributed by atoms with Gasteiger partial charge >= 0.3 is 0 Å². The number of halogens is 2.